The van der Waals surface area contributed by atoms with Gasteiger partial charge in [-0.05, 0) is 6.92 Å². The molecule has 0 bridgehead atoms. The molecule has 1 aliphatic carbocycles. The molecule has 0 radical (unpaired) electrons. The number of hydrogen-bond donors (Lipinski definition) is 0. The fourth-order valence-electron chi connectivity index (χ4n) is 1.23. The van der Waals surface area contributed by atoms with Gasteiger partial charge < -0.3 is 0 Å². The minimum Gasteiger partial charge on any atom is -0.300 e. The Hall–Kier alpha value is -0.700. The molecule has 2 nitrogen and oxygen atoms in total. The summed E-state index contributed by atoms with van der Waals surface area (Å²) < 4.78 is 0. The Kier molecular flexibility index (Phi) is 1.53. The maximum absolute atomic E-state index is 10.7. The SMILES string of the molecule is Cc1cnc(C2CC(=O)C2)s1. The van der Waals surface area contributed by atoms with E-state index in [1.807, 2.05) is 13.1 Å². The molecule has 0 spiro atoms. The van der Waals surface area contributed by atoms with Crippen LogP contribution in [-0.4, -0.2) is 10.8 Å². The molecule has 1 aromatic heterocycles. The first-order valence-corrected chi connectivity index (χ1v) is 4.51. The Bertz CT molecular complexity index is 284. The average Bonchev–Trinajstić information content (AvgIpc) is 2.29. The summed E-state index contributed by atoms with van der Waals surface area (Å²) in [5.41, 5.74) is 0. The van der Waals surface area contributed by atoms with Crippen molar-refractivity contribution in [3.63, 3.8) is 0 Å². The molecule has 1 fully saturated rings. The van der Waals surface area contributed by atoms with Crippen LogP contribution in [0.2, 0.25) is 0 Å². The van der Waals surface area contributed by atoms with Gasteiger partial charge >= 0.3 is 0 Å². The van der Waals surface area contributed by atoms with E-state index in [9.17, 15) is 4.79 Å². The van der Waals surface area contributed by atoms with E-state index < -0.39 is 0 Å². The van der Waals surface area contributed by atoms with Gasteiger partial charge in [-0.2, -0.15) is 0 Å². The van der Waals surface area contributed by atoms with Gasteiger partial charge in [0.2, 0.25) is 0 Å². The average molecular weight is 167 g/mol. The van der Waals surface area contributed by atoms with Gasteiger partial charge in [-0.1, -0.05) is 0 Å². The van der Waals surface area contributed by atoms with Gasteiger partial charge in [0.05, 0.1) is 5.01 Å². The highest BCUT2D eigenvalue weighted by molar-refractivity contribution is 7.11. The van der Waals surface area contributed by atoms with Crippen LogP contribution >= 0.6 is 11.3 Å². The molecule has 3 heteroatoms. The van der Waals surface area contributed by atoms with Gasteiger partial charge in [-0.25, -0.2) is 4.98 Å². The molecule has 0 unspecified atom stereocenters. The summed E-state index contributed by atoms with van der Waals surface area (Å²) in [6.07, 6.45) is 3.31. The molecule has 0 saturated heterocycles. The Morgan fingerprint density at radius 3 is 2.82 bits per heavy atom. The number of thiazole rings is 1. The van der Waals surface area contributed by atoms with E-state index in [1.165, 1.54) is 4.88 Å². The number of carbonyl (C=O) groups is 1. The summed E-state index contributed by atoms with van der Waals surface area (Å²) in [6, 6.07) is 0. The van der Waals surface area contributed by atoms with Gasteiger partial charge in [-0.15, -0.1) is 11.3 Å². The zero-order chi connectivity index (χ0) is 7.84. The van der Waals surface area contributed by atoms with Crippen LogP contribution in [0.3, 0.4) is 0 Å². The van der Waals surface area contributed by atoms with Crippen LogP contribution in [-0.2, 0) is 4.79 Å². The lowest BCUT2D eigenvalue weighted by atomic mass is 9.85. The summed E-state index contributed by atoms with van der Waals surface area (Å²) in [6.45, 7) is 2.04. The number of Topliss-reactive ketones (excluding diaryl/α,β-unsaturated/α-hetero) is 1. The van der Waals surface area contributed by atoms with Crippen LogP contribution in [0, 0.1) is 6.92 Å². The lowest BCUT2D eigenvalue weighted by Gasteiger charge is -2.21. The minimum atomic E-state index is 0.378. The number of nitrogens with zero attached hydrogens (tertiary/aromatic N) is 1. The first-order chi connectivity index (χ1) is 5.25. The van der Waals surface area contributed by atoms with Crippen LogP contribution in [0.1, 0.15) is 28.6 Å². The quantitative estimate of drug-likeness (QED) is 0.639. The predicted molar refractivity (Wildman–Crippen MR) is 43.8 cm³/mol. The van der Waals surface area contributed by atoms with E-state index >= 15 is 0 Å². The normalized spacial score (nSPS) is 18.5. The molecule has 1 saturated carbocycles. The Morgan fingerprint density at radius 2 is 2.36 bits per heavy atom. The van der Waals surface area contributed by atoms with Crippen molar-refractivity contribution in [1.29, 1.82) is 0 Å². The number of ketones is 1. The summed E-state index contributed by atoms with van der Waals surface area (Å²) in [5, 5.41) is 1.14. The van der Waals surface area contributed by atoms with Crippen LogP contribution in [0.5, 0.6) is 0 Å². The standard InChI is InChI=1S/C8H9NOS/c1-5-4-9-8(11-5)6-2-7(10)3-6/h4,6H,2-3H2,1H3. The number of rotatable bonds is 1. The molecule has 11 heavy (non-hydrogen) atoms. The molecular formula is C8H9NOS. The predicted octanol–water partition coefficient (Wildman–Crippen LogP) is 1.90. The Labute approximate surface area is 69.3 Å². The summed E-state index contributed by atoms with van der Waals surface area (Å²) in [4.78, 5) is 16.1. The maximum atomic E-state index is 10.7. The molecule has 2 rings (SSSR count). The van der Waals surface area contributed by atoms with Crippen molar-refractivity contribution >= 4 is 17.1 Å². The second kappa shape index (κ2) is 2.41. The molecule has 0 aliphatic heterocycles. The molecule has 0 amide bonds. The lowest BCUT2D eigenvalue weighted by Crippen LogP contribution is -2.20. The second-order valence-corrected chi connectivity index (χ2v) is 4.22. The van der Waals surface area contributed by atoms with Crippen LogP contribution in [0.15, 0.2) is 6.20 Å². The van der Waals surface area contributed by atoms with Crippen molar-refractivity contribution in [2.45, 2.75) is 25.7 Å². The van der Waals surface area contributed by atoms with E-state index in [2.05, 4.69) is 4.98 Å². The molecule has 0 aromatic carbocycles. The fourth-order valence-corrected chi connectivity index (χ4v) is 2.10. The number of aromatic nitrogens is 1. The van der Waals surface area contributed by atoms with Gasteiger partial charge in [0.1, 0.15) is 5.78 Å². The van der Waals surface area contributed by atoms with Crippen LogP contribution in [0.25, 0.3) is 0 Å². The molecule has 58 valence electrons. The highest BCUT2D eigenvalue weighted by Gasteiger charge is 2.29. The first kappa shape index (κ1) is 6.98. The van der Waals surface area contributed by atoms with E-state index in [-0.39, 0.29) is 0 Å². The topological polar surface area (TPSA) is 30.0 Å². The lowest BCUT2D eigenvalue weighted by molar-refractivity contribution is -0.124. The molecule has 1 aromatic rings. The summed E-state index contributed by atoms with van der Waals surface area (Å²) in [7, 11) is 0. The molecule has 0 N–H and O–H groups in total. The summed E-state index contributed by atoms with van der Waals surface area (Å²) in [5.74, 6) is 0.823. The fraction of sp³-hybridized carbons (Fsp3) is 0.500. The maximum Gasteiger partial charge on any atom is 0.134 e. The van der Waals surface area contributed by atoms with Crippen molar-refractivity contribution in [3.8, 4) is 0 Å². The van der Waals surface area contributed by atoms with Crippen molar-refractivity contribution in [1.82, 2.24) is 4.98 Å². The molecular weight excluding hydrogens is 158 g/mol. The van der Waals surface area contributed by atoms with E-state index in [0.717, 1.165) is 5.01 Å². The van der Waals surface area contributed by atoms with E-state index in [0.29, 0.717) is 24.5 Å². The highest BCUT2D eigenvalue weighted by Crippen LogP contribution is 2.35. The molecule has 0 atom stereocenters. The van der Waals surface area contributed by atoms with Crippen LogP contribution in [0.4, 0.5) is 0 Å². The minimum absolute atomic E-state index is 0.378. The van der Waals surface area contributed by atoms with E-state index in [1.54, 1.807) is 11.3 Å². The zero-order valence-electron chi connectivity index (χ0n) is 6.33. The second-order valence-electron chi connectivity index (χ2n) is 2.95. The Balaban J connectivity index is 2.12. The van der Waals surface area contributed by atoms with Gasteiger partial charge in [0.15, 0.2) is 0 Å². The summed E-state index contributed by atoms with van der Waals surface area (Å²) >= 11 is 1.71. The Morgan fingerprint density at radius 1 is 1.64 bits per heavy atom. The molecule has 1 heterocycles. The highest BCUT2D eigenvalue weighted by atomic mass is 32.1. The largest absolute Gasteiger partial charge is 0.300 e. The van der Waals surface area contributed by atoms with Crippen molar-refractivity contribution in [2.75, 3.05) is 0 Å². The van der Waals surface area contributed by atoms with Crippen molar-refractivity contribution in [2.24, 2.45) is 0 Å². The van der Waals surface area contributed by atoms with Crippen LogP contribution < -0.4 is 0 Å². The number of hydrogen-bond acceptors (Lipinski definition) is 3. The third kappa shape index (κ3) is 1.20. The smallest absolute Gasteiger partial charge is 0.134 e. The van der Waals surface area contributed by atoms with Gasteiger partial charge in [0.25, 0.3) is 0 Å². The monoisotopic (exact) mass is 167 g/mol. The molecule has 1 aliphatic rings. The number of carbonyl (C=O) groups excluding carboxylic acids is 1. The van der Waals surface area contributed by atoms with E-state index in [4.69, 9.17) is 0 Å². The van der Waals surface area contributed by atoms with Gasteiger partial charge in [-0.3, -0.25) is 4.79 Å². The van der Waals surface area contributed by atoms with Crippen molar-refractivity contribution in [3.05, 3.63) is 16.1 Å². The van der Waals surface area contributed by atoms with Gasteiger partial charge in [0, 0.05) is 29.8 Å². The third-order valence-corrected chi connectivity index (χ3v) is 3.01. The third-order valence-electron chi connectivity index (χ3n) is 1.94. The zero-order valence-corrected chi connectivity index (χ0v) is 7.15. The van der Waals surface area contributed by atoms with Crippen molar-refractivity contribution < 1.29 is 4.79 Å². The first-order valence-electron chi connectivity index (χ1n) is 3.70. The number of aryl methyl sites for hydroxylation is 1.